The van der Waals surface area contributed by atoms with Crippen molar-refractivity contribution >= 4 is 34.0 Å². The number of halogens is 1. The van der Waals surface area contributed by atoms with E-state index in [1.54, 1.807) is 0 Å². The second-order valence-electron chi connectivity index (χ2n) is 5.75. The molecule has 0 unspecified atom stereocenters. The van der Waals surface area contributed by atoms with Gasteiger partial charge in [-0.05, 0) is 38.0 Å². The molecular weight excluding hydrogens is 340 g/mol. The monoisotopic (exact) mass is 356 g/mol. The molecule has 5 heteroatoms. The number of aryl methyl sites for hydroxylation is 3. The Balaban J connectivity index is 1.86. The summed E-state index contributed by atoms with van der Waals surface area (Å²) in [6.45, 7) is 5.93. The van der Waals surface area contributed by atoms with E-state index in [1.807, 2.05) is 62.5 Å². The molecule has 0 atom stereocenters. The summed E-state index contributed by atoms with van der Waals surface area (Å²) in [6.07, 6.45) is 0. The molecule has 0 fully saturated rings. The van der Waals surface area contributed by atoms with E-state index in [4.69, 9.17) is 11.6 Å². The molecule has 1 N–H and O–H groups in total. The van der Waals surface area contributed by atoms with E-state index in [0.717, 1.165) is 27.9 Å². The van der Waals surface area contributed by atoms with Crippen molar-refractivity contribution in [2.45, 2.75) is 20.8 Å². The Morgan fingerprint density at radius 3 is 2.46 bits per heavy atom. The Morgan fingerprint density at radius 1 is 1.12 bits per heavy atom. The van der Waals surface area contributed by atoms with E-state index < -0.39 is 0 Å². The van der Waals surface area contributed by atoms with E-state index in [9.17, 15) is 4.79 Å². The van der Waals surface area contributed by atoms with Gasteiger partial charge in [0, 0.05) is 21.5 Å². The Morgan fingerprint density at radius 2 is 1.79 bits per heavy atom. The number of nitrogens with zero attached hydrogens (tertiary/aromatic N) is 1. The second-order valence-corrected chi connectivity index (χ2v) is 7.01. The van der Waals surface area contributed by atoms with Gasteiger partial charge in [0.2, 0.25) is 0 Å². The Labute approximate surface area is 150 Å². The SMILES string of the molecule is Cc1cc(C)c(C(=O)Nc2nc(-c3ccccc3Cl)cs2)c(C)c1. The number of carbonyl (C=O) groups is 1. The fourth-order valence-electron chi connectivity index (χ4n) is 2.82. The van der Waals surface area contributed by atoms with Crippen LogP contribution in [0.25, 0.3) is 11.3 Å². The van der Waals surface area contributed by atoms with E-state index in [-0.39, 0.29) is 5.91 Å². The lowest BCUT2D eigenvalue weighted by Crippen LogP contribution is -2.15. The molecular formula is C19H17ClN2OS. The van der Waals surface area contributed by atoms with Crippen molar-refractivity contribution in [2.75, 3.05) is 5.32 Å². The maximum absolute atomic E-state index is 12.6. The van der Waals surface area contributed by atoms with Gasteiger partial charge in [-0.15, -0.1) is 11.3 Å². The Bertz CT molecular complexity index is 894. The Hall–Kier alpha value is -2.17. The number of amides is 1. The number of hydrogen-bond donors (Lipinski definition) is 1. The molecule has 24 heavy (non-hydrogen) atoms. The van der Waals surface area contributed by atoms with Crippen LogP contribution in [0.2, 0.25) is 5.02 Å². The number of carbonyl (C=O) groups excluding carboxylic acids is 1. The highest BCUT2D eigenvalue weighted by Gasteiger charge is 2.15. The van der Waals surface area contributed by atoms with Gasteiger partial charge in [0.1, 0.15) is 0 Å². The van der Waals surface area contributed by atoms with Crippen molar-refractivity contribution in [1.29, 1.82) is 0 Å². The summed E-state index contributed by atoms with van der Waals surface area (Å²) in [5, 5.41) is 6.00. The quantitative estimate of drug-likeness (QED) is 0.659. The topological polar surface area (TPSA) is 42.0 Å². The van der Waals surface area contributed by atoms with Crippen molar-refractivity contribution in [3.05, 3.63) is 69.1 Å². The predicted octanol–water partition coefficient (Wildman–Crippen LogP) is 5.64. The van der Waals surface area contributed by atoms with Crippen LogP contribution in [0.4, 0.5) is 5.13 Å². The molecule has 3 aromatic rings. The number of nitrogens with one attached hydrogen (secondary N) is 1. The largest absolute Gasteiger partial charge is 0.298 e. The van der Waals surface area contributed by atoms with Gasteiger partial charge in [-0.1, -0.05) is 47.5 Å². The first-order chi connectivity index (χ1) is 11.5. The fraction of sp³-hybridized carbons (Fsp3) is 0.158. The van der Waals surface area contributed by atoms with E-state index >= 15 is 0 Å². The summed E-state index contributed by atoms with van der Waals surface area (Å²) in [7, 11) is 0. The molecule has 2 aromatic carbocycles. The van der Waals surface area contributed by atoms with Crippen LogP contribution in [-0.4, -0.2) is 10.9 Å². The molecule has 1 aromatic heterocycles. The molecule has 0 bridgehead atoms. The molecule has 3 rings (SSSR count). The van der Waals surface area contributed by atoms with E-state index in [0.29, 0.717) is 15.7 Å². The van der Waals surface area contributed by atoms with Crippen molar-refractivity contribution in [1.82, 2.24) is 4.98 Å². The maximum atomic E-state index is 12.6. The van der Waals surface area contributed by atoms with Gasteiger partial charge in [0.25, 0.3) is 5.91 Å². The number of hydrogen-bond acceptors (Lipinski definition) is 3. The molecule has 0 aliphatic rings. The minimum atomic E-state index is -0.134. The molecule has 0 saturated heterocycles. The van der Waals surface area contributed by atoms with Gasteiger partial charge in [0.15, 0.2) is 5.13 Å². The average Bonchev–Trinajstić information content (AvgIpc) is 2.94. The smallest absolute Gasteiger partial charge is 0.257 e. The minimum Gasteiger partial charge on any atom is -0.298 e. The average molecular weight is 357 g/mol. The highest BCUT2D eigenvalue weighted by molar-refractivity contribution is 7.14. The third-order valence-electron chi connectivity index (χ3n) is 3.78. The molecule has 0 saturated carbocycles. The molecule has 0 radical (unpaired) electrons. The highest BCUT2D eigenvalue weighted by atomic mass is 35.5. The van der Waals surface area contributed by atoms with Crippen molar-refractivity contribution in [3.63, 3.8) is 0 Å². The molecule has 1 heterocycles. The third-order valence-corrected chi connectivity index (χ3v) is 4.87. The summed E-state index contributed by atoms with van der Waals surface area (Å²) in [5.74, 6) is -0.134. The maximum Gasteiger partial charge on any atom is 0.257 e. The molecule has 1 amide bonds. The van der Waals surface area contributed by atoms with E-state index in [1.165, 1.54) is 11.3 Å². The first-order valence-electron chi connectivity index (χ1n) is 7.55. The predicted molar refractivity (Wildman–Crippen MR) is 101 cm³/mol. The van der Waals surface area contributed by atoms with Crippen LogP contribution >= 0.6 is 22.9 Å². The van der Waals surface area contributed by atoms with Gasteiger partial charge in [-0.25, -0.2) is 4.98 Å². The van der Waals surface area contributed by atoms with Gasteiger partial charge < -0.3 is 0 Å². The zero-order chi connectivity index (χ0) is 17.3. The molecule has 3 nitrogen and oxygen atoms in total. The van der Waals surface area contributed by atoms with Crippen LogP contribution in [0, 0.1) is 20.8 Å². The van der Waals surface area contributed by atoms with Gasteiger partial charge in [-0.3, -0.25) is 10.1 Å². The summed E-state index contributed by atoms with van der Waals surface area (Å²) in [6, 6.07) is 11.6. The van der Waals surface area contributed by atoms with E-state index in [2.05, 4.69) is 10.3 Å². The lowest BCUT2D eigenvalue weighted by Gasteiger charge is -2.10. The normalized spacial score (nSPS) is 10.7. The first-order valence-corrected chi connectivity index (χ1v) is 8.81. The number of rotatable bonds is 3. The second kappa shape index (κ2) is 6.75. The Kier molecular flexibility index (Phi) is 4.69. The van der Waals surface area contributed by atoms with Crippen LogP contribution in [0.15, 0.2) is 41.8 Å². The van der Waals surface area contributed by atoms with Crippen molar-refractivity contribution in [2.24, 2.45) is 0 Å². The molecule has 0 aliphatic heterocycles. The molecule has 122 valence electrons. The van der Waals surface area contributed by atoms with Gasteiger partial charge in [-0.2, -0.15) is 0 Å². The summed E-state index contributed by atoms with van der Waals surface area (Å²) < 4.78 is 0. The van der Waals surface area contributed by atoms with Crippen LogP contribution in [0.1, 0.15) is 27.0 Å². The number of thiazole rings is 1. The van der Waals surface area contributed by atoms with Crippen LogP contribution in [-0.2, 0) is 0 Å². The lowest BCUT2D eigenvalue weighted by atomic mass is 9.99. The number of anilines is 1. The summed E-state index contributed by atoms with van der Waals surface area (Å²) >= 11 is 7.59. The third kappa shape index (κ3) is 3.35. The minimum absolute atomic E-state index is 0.134. The lowest BCUT2D eigenvalue weighted by molar-refractivity contribution is 0.102. The van der Waals surface area contributed by atoms with Crippen LogP contribution in [0.3, 0.4) is 0 Å². The zero-order valence-electron chi connectivity index (χ0n) is 13.7. The standard InChI is InChI=1S/C19H17ClN2OS/c1-11-8-12(2)17(13(3)9-11)18(23)22-19-21-16(10-24-19)14-6-4-5-7-15(14)20/h4-10H,1-3H3,(H,21,22,23). The summed E-state index contributed by atoms with van der Waals surface area (Å²) in [4.78, 5) is 17.1. The molecule has 0 aliphatic carbocycles. The van der Waals surface area contributed by atoms with Crippen molar-refractivity contribution < 1.29 is 4.79 Å². The highest BCUT2D eigenvalue weighted by Crippen LogP contribution is 2.30. The summed E-state index contributed by atoms with van der Waals surface area (Å²) in [5.41, 5.74) is 5.41. The van der Waals surface area contributed by atoms with Gasteiger partial charge in [0.05, 0.1) is 5.69 Å². The van der Waals surface area contributed by atoms with Crippen LogP contribution in [0.5, 0.6) is 0 Å². The zero-order valence-corrected chi connectivity index (χ0v) is 15.3. The van der Waals surface area contributed by atoms with Gasteiger partial charge >= 0.3 is 0 Å². The molecule has 0 spiro atoms. The van der Waals surface area contributed by atoms with Crippen LogP contribution < -0.4 is 5.32 Å². The van der Waals surface area contributed by atoms with Crippen molar-refractivity contribution in [3.8, 4) is 11.3 Å². The number of aromatic nitrogens is 1. The fourth-order valence-corrected chi connectivity index (χ4v) is 3.76. The first kappa shape index (κ1) is 16.7. The number of benzene rings is 2.